The molecule has 0 bridgehead atoms. The molecule has 114 valence electrons. The molecule has 5 heteroatoms. The molecular formula is C17H14Br2O3. The zero-order valence-electron chi connectivity index (χ0n) is 11.8. The van der Waals surface area contributed by atoms with Crippen LogP contribution in [0.2, 0.25) is 0 Å². The van der Waals surface area contributed by atoms with Crippen LogP contribution < -0.4 is 4.74 Å². The molecule has 22 heavy (non-hydrogen) atoms. The van der Waals surface area contributed by atoms with Crippen molar-refractivity contribution in [1.29, 1.82) is 0 Å². The molecule has 0 aliphatic carbocycles. The van der Waals surface area contributed by atoms with Gasteiger partial charge in [-0.3, -0.25) is 4.79 Å². The molecule has 2 aromatic rings. The number of phenolic OH excluding ortho intramolecular Hbond substituents is 1. The van der Waals surface area contributed by atoms with Gasteiger partial charge in [0.15, 0.2) is 10.1 Å². The summed E-state index contributed by atoms with van der Waals surface area (Å²) < 4.78 is 5.93. The van der Waals surface area contributed by atoms with Gasteiger partial charge in [-0.15, -0.1) is 0 Å². The highest BCUT2D eigenvalue weighted by molar-refractivity contribution is 9.10. The first-order chi connectivity index (χ1) is 10.5. The van der Waals surface area contributed by atoms with Crippen molar-refractivity contribution in [2.75, 3.05) is 0 Å². The topological polar surface area (TPSA) is 46.5 Å². The van der Waals surface area contributed by atoms with Crippen LogP contribution in [0, 0.1) is 0 Å². The van der Waals surface area contributed by atoms with Crippen molar-refractivity contribution in [1.82, 2.24) is 0 Å². The normalized spacial score (nSPS) is 23.0. The second-order valence-corrected chi connectivity index (χ2v) is 7.41. The number of halogens is 2. The summed E-state index contributed by atoms with van der Waals surface area (Å²) in [5.41, 5.74) is 1.36. The van der Waals surface area contributed by atoms with Gasteiger partial charge in [-0.05, 0) is 48.9 Å². The fourth-order valence-corrected chi connectivity index (χ4v) is 4.07. The molecule has 3 nitrogen and oxygen atoms in total. The van der Waals surface area contributed by atoms with Gasteiger partial charge < -0.3 is 9.84 Å². The predicted molar refractivity (Wildman–Crippen MR) is 91.9 cm³/mol. The van der Waals surface area contributed by atoms with Crippen LogP contribution in [0.15, 0.2) is 46.9 Å². The molecule has 2 atom stereocenters. The van der Waals surface area contributed by atoms with E-state index in [1.54, 1.807) is 12.1 Å². The standard InChI is InChI=1S/C17H14Br2O3/c1-2-15-17(19,13-9-11(18)5-8-14(13)22-15)16(21)10-3-6-12(20)7-4-10/h3-9,15,20H,2H2,1H3. The molecule has 1 aliphatic heterocycles. The van der Waals surface area contributed by atoms with E-state index in [4.69, 9.17) is 4.74 Å². The molecule has 0 fully saturated rings. The second-order valence-electron chi connectivity index (χ2n) is 5.24. The number of hydrogen-bond donors (Lipinski definition) is 1. The van der Waals surface area contributed by atoms with Gasteiger partial charge in [0.25, 0.3) is 0 Å². The van der Waals surface area contributed by atoms with Gasteiger partial charge in [0, 0.05) is 15.6 Å². The van der Waals surface area contributed by atoms with Crippen LogP contribution in [0.4, 0.5) is 0 Å². The summed E-state index contributed by atoms with van der Waals surface area (Å²) >= 11 is 7.12. The molecule has 1 N–H and O–H groups in total. The van der Waals surface area contributed by atoms with Crippen LogP contribution in [0.1, 0.15) is 29.3 Å². The number of carbonyl (C=O) groups is 1. The first kappa shape index (κ1) is 15.6. The minimum Gasteiger partial charge on any atom is -0.508 e. The van der Waals surface area contributed by atoms with Crippen LogP contribution in [0.3, 0.4) is 0 Å². The molecule has 1 aliphatic rings. The number of ketones is 1. The van der Waals surface area contributed by atoms with E-state index in [2.05, 4.69) is 31.9 Å². The minimum atomic E-state index is -0.919. The van der Waals surface area contributed by atoms with Crippen molar-refractivity contribution in [3.63, 3.8) is 0 Å². The fraction of sp³-hybridized carbons (Fsp3) is 0.235. The SMILES string of the molecule is CCC1Oc2ccc(Br)cc2C1(Br)C(=O)c1ccc(O)cc1. The fourth-order valence-electron chi connectivity index (χ4n) is 2.75. The Bertz CT molecular complexity index is 727. The maximum Gasteiger partial charge on any atom is 0.187 e. The largest absolute Gasteiger partial charge is 0.508 e. The average molecular weight is 426 g/mol. The van der Waals surface area contributed by atoms with E-state index >= 15 is 0 Å². The Morgan fingerprint density at radius 2 is 1.95 bits per heavy atom. The van der Waals surface area contributed by atoms with Crippen molar-refractivity contribution in [3.05, 3.63) is 58.1 Å². The second kappa shape index (κ2) is 5.70. The van der Waals surface area contributed by atoms with E-state index in [1.165, 1.54) is 12.1 Å². The van der Waals surface area contributed by atoms with Gasteiger partial charge in [-0.2, -0.15) is 0 Å². The lowest BCUT2D eigenvalue weighted by Crippen LogP contribution is -2.39. The number of hydrogen-bond acceptors (Lipinski definition) is 3. The summed E-state index contributed by atoms with van der Waals surface area (Å²) in [6.07, 6.45) is 0.416. The summed E-state index contributed by atoms with van der Waals surface area (Å²) in [5.74, 6) is 0.785. The summed E-state index contributed by atoms with van der Waals surface area (Å²) in [5, 5.41) is 9.41. The van der Waals surface area contributed by atoms with Gasteiger partial charge in [0.1, 0.15) is 17.6 Å². The highest BCUT2D eigenvalue weighted by Gasteiger charge is 2.52. The highest BCUT2D eigenvalue weighted by Crippen LogP contribution is 2.51. The number of carbonyl (C=O) groups excluding carboxylic acids is 1. The smallest absolute Gasteiger partial charge is 0.187 e. The third kappa shape index (κ3) is 2.36. The van der Waals surface area contributed by atoms with Crippen LogP contribution in [-0.4, -0.2) is 17.0 Å². The molecule has 0 saturated heterocycles. The molecule has 0 amide bonds. The van der Waals surface area contributed by atoms with Crippen molar-refractivity contribution >= 4 is 37.6 Å². The Hall–Kier alpha value is -1.33. The molecule has 2 aromatic carbocycles. The Balaban J connectivity index is 2.11. The first-order valence-electron chi connectivity index (χ1n) is 6.96. The average Bonchev–Trinajstić information content (AvgIpc) is 2.81. The van der Waals surface area contributed by atoms with Gasteiger partial charge in [-0.25, -0.2) is 0 Å². The van der Waals surface area contributed by atoms with Gasteiger partial charge in [0.2, 0.25) is 0 Å². The molecule has 2 unspecified atom stereocenters. The quantitative estimate of drug-likeness (QED) is 0.567. The van der Waals surface area contributed by atoms with E-state index < -0.39 is 4.32 Å². The van der Waals surface area contributed by atoms with Gasteiger partial charge >= 0.3 is 0 Å². The van der Waals surface area contributed by atoms with Crippen LogP contribution >= 0.6 is 31.9 Å². The molecule has 3 rings (SSSR count). The summed E-state index contributed by atoms with van der Waals surface area (Å²) in [7, 11) is 0. The maximum atomic E-state index is 13.1. The third-order valence-corrected chi connectivity index (χ3v) is 5.67. The summed E-state index contributed by atoms with van der Waals surface area (Å²) in [6, 6.07) is 12.0. The van der Waals surface area contributed by atoms with Crippen LogP contribution in [0.5, 0.6) is 11.5 Å². The zero-order valence-corrected chi connectivity index (χ0v) is 15.0. The van der Waals surface area contributed by atoms with E-state index in [1.807, 2.05) is 25.1 Å². The van der Waals surface area contributed by atoms with Gasteiger partial charge in [0.05, 0.1) is 0 Å². The minimum absolute atomic E-state index is 0.0730. The van der Waals surface area contributed by atoms with Crippen LogP contribution in [-0.2, 0) is 4.32 Å². The lowest BCUT2D eigenvalue weighted by molar-refractivity contribution is 0.0866. The number of ether oxygens (including phenoxy) is 1. The number of aromatic hydroxyl groups is 1. The Kier molecular flexibility index (Phi) is 4.03. The lowest BCUT2D eigenvalue weighted by Gasteiger charge is -2.26. The number of rotatable bonds is 3. The Morgan fingerprint density at radius 1 is 1.27 bits per heavy atom. The van der Waals surface area contributed by atoms with E-state index in [0.29, 0.717) is 12.0 Å². The van der Waals surface area contributed by atoms with Crippen molar-refractivity contribution < 1.29 is 14.6 Å². The summed E-state index contributed by atoms with van der Waals surface area (Å²) in [4.78, 5) is 13.1. The molecule has 0 radical (unpaired) electrons. The van der Waals surface area contributed by atoms with Crippen LogP contribution in [0.25, 0.3) is 0 Å². The number of alkyl halides is 1. The third-order valence-electron chi connectivity index (χ3n) is 3.88. The molecule has 0 saturated carbocycles. The Morgan fingerprint density at radius 3 is 2.59 bits per heavy atom. The summed E-state index contributed by atoms with van der Waals surface area (Å²) in [6.45, 7) is 1.99. The molecular weight excluding hydrogens is 412 g/mol. The number of benzene rings is 2. The number of Topliss-reactive ketones (excluding diaryl/α,β-unsaturated/α-hetero) is 1. The van der Waals surface area contributed by atoms with E-state index in [-0.39, 0.29) is 17.6 Å². The van der Waals surface area contributed by atoms with Crippen molar-refractivity contribution in [2.24, 2.45) is 0 Å². The monoisotopic (exact) mass is 424 g/mol. The predicted octanol–water partition coefficient (Wildman–Crippen LogP) is 4.80. The molecule has 1 heterocycles. The van der Waals surface area contributed by atoms with Gasteiger partial charge in [-0.1, -0.05) is 38.8 Å². The maximum absolute atomic E-state index is 13.1. The van der Waals surface area contributed by atoms with E-state index in [9.17, 15) is 9.90 Å². The molecule has 0 aromatic heterocycles. The lowest BCUT2D eigenvalue weighted by atomic mass is 9.86. The van der Waals surface area contributed by atoms with Crippen molar-refractivity contribution in [2.45, 2.75) is 23.8 Å². The highest BCUT2D eigenvalue weighted by atomic mass is 79.9. The number of fused-ring (bicyclic) bond motifs is 1. The number of phenols is 1. The first-order valence-corrected chi connectivity index (χ1v) is 8.54. The zero-order chi connectivity index (χ0) is 15.9. The van der Waals surface area contributed by atoms with Crippen molar-refractivity contribution in [3.8, 4) is 11.5 Å². The van der Waals surface area contributed by atoms with E-state index in [0.717, 1.165) is 15.8 Å². The molecule has 0 spiro atoms. The Labute approximate surface area is 145 Å².